The second-order valence-corrected chi connectivity index (χ2v) is 4.71. The number of nitrogens with two attached hydrogens (primary N) is 1. The number of H-pyrrole nitrogens is 1. The fraction of sp³-hybridized carbons (Fsp3) is 0.545. The van der Waals surface area contributed by atoms with Crippen molar-refractivity contribution < 1.29 is 19.7 Å². The maximum Gasteiger partial charge on any atom is 0.280 e. The molecule has 1 fully saturated rings. The van der Waals surface area contributed by atoms with Gasteiger partial charge in [-0.05, 0) is 0 Å². The van der Waals surface area contributed by atoms with Crippen molar-refractivity contribution in [2.45, 2.75) is 24.5 Å². The minimum atomic E-state index is -1.05. The van der Waals surface area contributed by atoms with Crippen LogP contribution in [-0.4, -0.2) is 61.8 Å². The Morgan fingerprint density at radius 2 is 2.38 bits per heavy atom. The largest absolute Gasteiger partial charge is 0.394 e. The summed E-state index contributed by atoms with van der Waals surface area (Å²) in [6.45, 7) is -0.311. The third-order valence-electron chi connectivity index (χ3n) is 3.49. The number of nitrogens with zero attached hydrogens (tertiary/aromatic N) is 3. The number of imidazole rings is 1. The molecule has 0 amide bonds. The first kappa shape index (κ1) is 13.9. The van der Waals surface area contributed by atoms with E-state index in [0.717, 1.165) is 0 Å². The number of hydrogen-bond acceptors (Lipinski definition) is 8. The fourth-order valence-electron chi connectivity index (χ4n) is 2.52. The SMILES string of the molecule is COC1C(O)[C@H](n2cnc3c(=O)[nH]c(N)nc32)O[C@@H]1CO. The van der Waals surface area contributed by atoms with Crippen molar-refractivity contribution >= 4 is 17.1 Å². The van der Waals surface area contributed by atoms with Crippen molar-refractivity contribution in [3.8, 4) is 0 Å². The average Bonchev–Trinajstić information content (AvgIpc) is 2.99. The minimum absolute atomic E-state index is 0.0660. The van der Waals surface area contributed by atoms with Crippen molar-refractivity contribution in [1.82, 2.24) is 19.5 Å². The summed E-state index contributed by atoms with van der Waals surface area (Å²) in [5.74, 6) is -0.0660. The monoisotopic (exact) mass is 297 g/mol. The highest BCUT2D eigenvalue weighted by Gasteiger charge is 2.45. The highest BCUT2D eigenvalue weighted by atomic mass is 16.6. The summed E-state index contributed by atoms with van der Waals surface area (Å²) in [4.78, 5) is 22.0. The predicted molar refractivity (Wildman–Crippen MR) is 70.4 cm³/mol. The number of fused-ring (bicyclic) bond motifs is 1. The van der Waals surface area contributed by atoms with Gasteiger partial charge in [-0.25, -0.2) is 4.98 Å². The Morgan fingerprint density at radius 1 is 1.62 bits per heavy atom. The number of hydrogen-bond donors (Lipinski definition) is 4. The lowest BCUT2D eigenvalue weighted by atomic mass is 10.1. The van der Waals surface area contributed by atoms with E-state index in [-0.39, 0.29) is 23.7 Å². The molecular formula is C11H15N5O5. The Bertz CT molecular complexity index is 713. The van der Waals surface area contributed by atoms with E-state index in [4.69, 9.17) is 15.2 Å². The quantitative estimate of drug-likeness (QED) is 0.506. The highest BCUT2D eigenvalue weighted by molar-refractivity contribution is 5.70. The van der Waals surface area contributed by atoms with Crippen LogP contribution >= 0.6 is 0 Å². The fourth-order valence-corrected chi connectivity index (χ4v) is 2.52. The molecule has 2 aromatic heterocycles. The lowest BCUT2D eigenvalue weighted by Gasteiger charge is -2.17. The summed E-state index contributed by atoms with van der Waals surface area (Å²) < 4.78 is 12.1. The number of anilines is 1. The molecule has 0 aromatic carbocycles. The summed E-state index contributed by atoms with van der Waals surface area (Å²) in [5, 5.41) is 19.5. The van der Waals surface area contributed by atoms with Gasteiger partial charge in [0, 0.05) is 7.11 Å². The van der Waals surface area contributed by atoms with Gasteiger partial charge in [0.1, 0.15) is 18.3 Å². The van der Waals surface area contributed by atoms with Gasteiger partial charge in [-0.2, -0.15) is 4.98 Å². The molecule has 0 spiro atoms. The van der Waals surface area contributed by atoms with Gasteiger partial charge in [-0.3, -0.25) is 14.3 Å². The Morgan fingerprint density at radius 3 is 3.00 bits per heavy atom. The van der Waals surface area contributed by atoms with Crippen molar-refractivity contribution in [2.24, 2.45) is 0 Å². The third-order valence-corrected chi connectivity index (χ3v) is 3.49. The van der Waals surface area contributed by atoms with Crippen LogP contribution in [0.5, 0.6) is 0 Å². The van der Waals surface area contributed by atoms with E-state index in [1.807, 2.05) is 0 Å². The zero-order chi connectivity index (χ0) is 15.1. The highest BCUT2D eigenvalue weighted by Crippen LogP contribution is 2.32. The summed E-state index contributed by atoms with van der Waals surface area (Å²) in [6.07, 6.45) is -1.99. The lowest BCUT2D eigenvalue weighted by Crippen LogP contribution is -2.35. The molecule has 10 nitrogen and oxygen atoms in total. The predicted octanol–water partition coefficient (Wildman–Crippen LogP) is -2.03. The summed E-state index contributed by atoms with van der Waals surface area (Å²) in [5.41, 5.74) is 5.31. The number of nitrogens with one attached hydrogen (secondary N) is 1. The van der Waals surface area contributed by atoms with E-state index in [9.17, 15) is 15.0 Å². The van der Waals surface area contributed by atoms with Crippen LogP contribution in [0.15, 0.2) is 11.1 Å². The molecule has 1 saturated heterocycles. The van der Waals surface area contributed by atoms with Crippen molar-refractivity contribution in [3.05, 3.63) is 16.7 Å². The van der Waals surface area contributed by atoms with Crippen molar-refractivity contribution in [1.29, 1.82) is 0 Å². The number of rotatable bonds is 3. The van der Waals surface area contributed by atoms with Crippen LogP contribution < -0.4 is 11.3 Å². The Balaban J connectivity index is 2.07. The van der Waals surface area contributed by atoms with E-state index >= 15 is 0 Å². The third kappa shape index (κ3) is 2.08. The number of ether oxygens (including phenoxy) is 2. The molecular weight excluding hydrogens is 282 g/mol. The molecule has 4 atom stereocenters. The van der Waals surface area contributed by atoms with Gasteiger partial charge in [0.2, 0.25) is 5.95 Å². The van der Waals surface area contributed by atoms with Gasteiger partial charge in [-0.1, -0.05) is 0 Å². The molecule has 3 rings (SSSR count). The van der Waals surface area contributed by atoms with Crippen LogP contribution in [0.4, 0.5) is 5.95 Å². The molecule has 5 N–H and O–H groups in total. The molecule has 114 valence electrons. The molecule has 0 bridgehead atoms. The number of aliphatic hydroxyl groups excluding tert-OH is 2. The van der Waals surface area contributed by atoms with E-state index in [1.165, 1.54) is 18.0 Å². The van der Waals surface area contributed by atoms with Crippen LogP contribution in [0.25, 0.3) is 11.2 Å². The Kier molecular flexibility index (Phi) is 3.37. The molecule has 2 unspecified atom stereocenters. The number of nitrogen functional groups attached to an aromatic ring is 1. The maximum absolute atomic E-state index is 11.7. The van der Waals surface area contributed by atoms with Gasteiger partial charge >= 0.3 is 0 Å². The molecule has 3 heterocycles. The molecule has 10 heteroatoms. The molecule has 1 aliphatic heterocycles. The van der Waals surface area contributed by atoms with Crippen LogP contribution in [0.1, 0.15) is 6.23 Å². The van der Waals surface area contributed by atoms with Gasteiger partial charge < -0.3 is 25.4 Å². The van der Waals surface area contributed by atoms with Crippen LogP contribution in [-0.2, 0) is 9.47 Å². The van der Waals surface area contributed by atoms with Crippen molar-refractivity contribution in [2.75, 3.05) is 19.5 Å². The first-order valence-corrected chi connectivity index (χ1v) is 6.26. The van der Waals surface area contributed by atoms with Gasteiger partial charge in [0.15, 0.2) is 17.4 Å². The number of aromatic amines is 1. The number of aliphatic hydroxyl groups is 2. The molecule has 21 heavy (non-hydrogen) atoms. The van der Waals surface area contributed by atoms with Crippen LogP contribution in [0, 0.1) is 0 Å². The van der Waals surface area contributed by atoms with Crippen LogP contribution in [0.2, 0.25) is 0 Å². The van der Waals surface area contributed by atoms with E-state index in [1.54, 1.807) is 0 Å². The molecule has 2 aromatic rings. The smallest absolute Gasteiger partial charge is 0.280 e. The van der Waals surface area contributed by atoms with E-state index < -0.39 is 30.1 Å². The second-order valence-electron chi connectivity index (χ2n) is 4.71. The Hall–Kier alpha value is -2.01. The van der Waals surface area contributed by atoms with Crippen molar-refractivity contribution in [3.63, 3.8) is 0 Å². The molecule has 0 saturated carbocycles. The molecule has 0 aliphatic carbocycles. The minimum Gasteiger partial charge on any atom is -0.394 e. The zero-order valence-electron chi connectivity index (χ0n) is 11.1. The molecule has 0 radical (unpaired) electrons. The topological polar surface area (TPSA) is 149 Å². The average molecular weight is 297 g/mol. The van der Waals surface area contributed by atoms with Gasteiger partial charge in [0.05, 0.1) is 12.9 Å². The number of aromatic nitrogens is 4. The second kappa shape index (κ2) is 5.07. The summed E-state index contributed by atoms with van der Waals surface area (Å²) in [6, 6.07) is 0. The van der Waals surface area contributed by atoms with E-state index in [0.29, 0.717) is 0 Å². The van der Waals surface area contributed by atoms with Gasteiger partial charge in [-0.15, -0.1) is 0 Å². The first-order valence-electron chi connectivity index (χ1n) is 6.26. The lowest BCUT2D eigenvalue weighted by molar-refractivity contribution is -0.0535. The zero-order valence-corrected chi connectivity index (χ0v) is 11.1. The first-order chi connectivity index (χ1) is 10.1. The van der Waals surface area contributed by atoms with E-state index in [2.05, 4.69) is 15.0 Å². The summed E-state index contributed by atoms with van der Waals surface area (Å²) >= 11 is 0. The Labute approximate surface area is 118 Å². The number of methoxy groups -OCH3 is 1. The molecule has 1 aliphatic rings. The van der Waals surface area contributed by atoms with Crippen LogP contribution in [0.3, 0.4) is 0 Å². The maximum atomic E-state index is 11.7. The normalized spacial score (nSPS) is 29.3. The van der Waals surface area contributed by atoms with Gasteiger partial charge in [0.25, 0.3) is 5.56 Å². The standard InChI is InChI=1S/C11H15N5O5/c1-20-7-4(2-17)21-10(6(7)18)16-3-13-5-8(16)14-11(12)15-9(5)19/h3-4,6-7,10,17-18H,2H2,1H3,(H3,12,14,15,19)/t4-,6?,7?,10-/m1/s1. The summed E-state index contributed by atoms with van der Waals surface area (Å²) in [7, 11) is 1.41.